The van der Waals surface area contributed by atoms with Gasteiger partial charge in [0.05, 0.1) is 22.3 Å². The summed E-state index contributed by atoms with van der Waals surface area (Å²) >= 11 is 0. The molecule has 0 fully saturated rings. The van der Waals surface area contributed by atoms with Crippen LogP contribution in [0.2, 0.25) is 0 Å². The van der Waals surface area contributed by atoms with E-state index in [-0.39, 0.29) is 27.4 Å². The Morgan fingerprint density at radius 1 is 0.359 bits per heavy atom. The van der Waals surface area contributed by atoms with E-state index < -0.39 is 32.3 Å². The van der Waals surface area contributed by atoms with E-state index in [0.29, 0.717) is 64.2 Å². The van der Waals surface area contributed by atoms with Crippen LogP contribution in [0.4, 0.5) is 0 Å². The molecule has 12 heteroatoms. The molecule has 0 radical (unpaired) electrons. The smallest absolute Gasteiger partial charge is 0.227 e. The molecule has 0 N–H and O–H groups in total. The van der Waals surface area contributed by atoms with E-state index in [9.17, 15) is 0 Å². The van der Waals surface area contributed by atoms with E-state index in [0.717, 1.165) is 170 Å². The van der Waals surface area contributed by atoms with Crippen LogP contribution in [0.25, 0.3) is 133 Å². The van der Waals surface area contributed by atoms with Crippen molar-refractivity contribution in [3.63, 3.8) is 0 Å². The number of hydrogen-bond acceptors (Lipinski definition) is 8. The number of benzene rings is 4. The van der Waals surface area contributed by atoms with Gasteiger partial charge in [-0.2, -0.15) is 4.57 Å². The van der Waals surface area contributed by atoms with Crippen LogP contribution >= 0.6 is 0 Å². The molecule has 12 nitrogen and oxygen atoms in total. The summed E-state index contributed by atoms with van der Waals surface area (Å²) in [5.41, 5.74) is 26.9. The van der Waals surface area contributed by atoms with Gasteiger partial charge < -0.3 is 17.7 Å². The molecule has 0 spiro atoms. The first-order valence-corrected chi connectivity index (χ1v) is 41.5. The molecule has 17 rings (SSSR count). The summed E-state index contributed by atoms with van der Waals surface area (Å²) in [7, 11) is 5.59. The second-order valence-electron chi connectivity index (χ2n) is 37.9. The minimum Gasteiger partial charge on any atom is -0.437 e. The van der Waals surface area contributed by atoms with Crippen LogP contribution in [0.5, 0.6) is 0 Å². The summed E-state index contributed by atoms with van der Waals surface area (Å²) in [5.74, 6) is 0.701. The lowest BCUT2D eigenvalue weighted by atomic mass is 9.86. The Bertz CT molecular complexity index is 7050. The fourth-order valence-electron chi connectivity index (χ4n) is 16.5. The molecule has 16 aromatic rings. The van der Waals surface area contributed by atoms with Crippen molar-refractivity contribution in [1.29, 1.82) is 0 Å². The second-order valence-corrected chi connectivity index (χ2v) is 37.9. The molecular weight excluding hydrogens is 1440 g/mol. The Kier molecular flexibility index (Phi) is 18.8. The van der Waals surface area contributed by atoms with E-state index in [1.807, 2.05) is 79.5 Å². The van der Waals surface area contributed by atoms with Gasteiger partial charge in [-0.15, -0.1) is 0 Å². The molecule has 0 atom stereocenters. The van der Waals surface area contributed by atoms with E-state index >= 15 is 0 Å². The van der Waals surface area contributed by atoms with Crippen LogP contribution in [0.1, 0.15) is 241 Å². The summed E-state index contributed by atoms with van der Waals surface area (Å²) in [6, 6.07) is 41.6. The molecule has 4 aromatic carbocycles. The third-order valence-corrected chi connectivity index (χ3v) is 22.3. The molecule has 0 aliphatic carbocycles. The number of rotatable bonds is 11. The van der Waals surface area contributed by atoms with Crippen molar-refractivity contribution >= 4 is 88.3 Å². The lowest BCUT2D eigenvalue weighted by Gasteiger charge is -2.19. The zero-order valence-corrected chi connectivity index (χ0v) is 73.5. The first-order valence-electron chi connectivity index (χ1n) is 47.0. The molecule has 0 saturated heterocycles. The summed E-state index contributed by atoms with van der Waals surface area (Å²) in [6.45, 7) is 40.2. The molecule has 604 valence electrons. The SMILES string of the molecule is Cc1c[n+]2c(cc1CC(C)(C)C)-c1c(ccc3c1oc1nc(C(C)C)ccc13)C2.[2H]C([2H])([2H])c1c[n+](C)c(-c2c(C)ccc3c2oc2nc(C(C)C)ccc23)cc1CC(C)(C)C.[2H]C([2H])([2H])c1c[n+](C)c(-c2c(C)ccc3c2oc2nc(CC)ccc23)cc1C([2H])([2H])C(C)(C)C.[2H]C([2H])([2H])c1c[n+](C)c(-c2c(C)ccc3c2oc2nc(CC)ccc23)cc1CC(C)(C)C. The third kappa shape index (κ3) is 17.0. The van der Waals surface area contributed by atoms with Crippen molar-refractivity contribution in [3.05, 3.63) is 236 Å². The Hall–Kier alpha value is -10.7. The molecule has 1 aliphatic rings. The van der Waals surface area contributed by atoms with Gasteiger partial charge in [0.25, 0.3) is 0 Å². The van der Waals surface area contributed by atoms with Crippen LogP contribution in [-0.4, -0.2) is 19.9 Å². The lowest BCUT2D eigenvalue weighted by Crippen LogP contribution is -2.33. The van der Waals surface area contributed by atoms with Crippen molar-refractivity contribution in [2.45, 2.75) is 230 Å². The average molecular weight is 1570 g/mol. The molecular formula is C105H124N8O4+4. The van der Waals surface area contributed by atoms with E-state index in [2.05, 4.69) is 211 Å². The summed E-state index contributed by atoms with van der Waals surface area (Å²) < 4.78 is 124. The Balaban J connectivity index is 0.000000138. The number of aryl methyl sites for hydroxylation is 12. The highest BCUT2D eigenvalue weighted by Crippen LogP contribution is 2.44. The number of fused-ring (bicyclic) bond motifs is 16. The van der Waals surface area contributed by atoms with E-state index in [1.54, 1.807) is 50.8 Å². The highest BCUT2D eigenvalue weighted by Gasteiger charge is 2.34. The fourth-order valence-corrected chi connectivity index (χ4v) is 16.5. The normalized spacial score (nSPS) is 14.4. The predicted molar refractivity (Wildman–Crippen MR) is 483 cm³/mol. The minimum absolute atomic E-state index is 0.0161. The number of aromatic nitrogens is 8. The summed E-state index contributed by atoms with van der Waals surface area (Å²) in [6.07, 6.45) is 9.54. The van der Waals surface area contributed by atoms with Gasteiger partial charge in [-0.25, -0.2) is 33.6 Å². The predicted octanol–water partition coefficient (Wildman–Crippen LogP) is 25.6. The number of nitrogens with zero attached hydrogens (tertiary/aromatic N) is 8. The van der Waals surface area contributed by atoms with Crippen molar-refractivity contribution in [1.82, 2.24) is 19.9 Å². The first kappa shape index (κ1) is 69.4. The van der Waals surface area contributed by atoms with Gasteiger partial charge >= 0.3 is 0 Å². The lowest BCUT2D eigenvalue weighted by molar-refractivity contribution is -0.672. The Labute approximate surface area is 708 Å². The highest BCUT2D eigenvalue weighted by atomic mass is 16.4. The zero-order chi connectivity index (χ0) is 93.4. The van der Waals surface area contributed by atoms with Crippen LogP contribution in [-0.2, 0) is 66.2 Å². The molecule has 12 aromatic heterocycles. The number of pyridine rings is 8. The van der Waals surface area contributed by atoms with Gasteiger partial charge in [0.1, 0.15) is 21.1 Å². The van der Waals surface area contributed by atoms with Gasteiger partial charge in [0.2, 0.25) is 45.6 Å². The van der Waals surface area contributed by atoms with Crippen molar-refractivity contribution in [2.24, 2.45) is 42.8 Å². The Morgan fingerprint density at radius 3 is 1.03 bits per heavy atom. The summed E-state index contributed by atoms with van der Waals surface area (Å²) in [4.78, 5) is 18.9. The summed E-state index contributed by atoms with van der Waals surface area (Å²) in [5, 5.41) is 8.13. The van der Waals surface area contributed by atoms with Crippen LogP contribution in [0, 0.1) is 69.9 Å². The van der Waals surface area contributed by atoms with Gasteiger partial charge in [-0.05, 0) is 214 Å². The number of furan rings is 4. The maximum absolute atomic E-state index is 8.89. The first-order chi connectivity index (χ1) is 59.5. The second kappa shape index (κ2) is 31.6. The van der Waals surface area contributed by atoms with Crippen LogP contribution in [0.15, 0.2) is 164 Å². The van der Waals surface area contributed by atoms with Crippen molar-refractivity contribution in [3.8, 4) is 45.0 Å². The largest absolute Gasteiger partial charge is 0.437 e. The van der Waals surface area contributed by atoms with Gasteiger partial charge in [-0.1, -0.05) is 167 Å². The monoisotopic (exact) mass is 1570 g/mol. The maximum atomic E-state index is 8.89. The maximum Gasteiger partial charge on any atom is 0.227 e. The highest BCUT2D eigenvalue weighted by molar-refractivity contribution is 6.12. The van der Waals surface area contributed by atoms with Crippen LogP contribution in [0.3, 0.4) is 0 Å². The third-order valence-electron chi connectivity index (χ3n) is 22.3. The molecule has 1 aliphatic heterocycles. The van der Waals surface area contributed by atoms with E-state index in [4.69, 9.17) is 42.7 Å². The van der Waals surface area contributed by atoms with Gasteiger partial charge in [-0.3, -0.25) is 0 Å². The Morgan fingerprint density at radius 2 is 0.675 bits per heavy atom. The average Bonchev–Trinajstić information content (AvgIpc) is 1.47. The van der Waals surface area contributed by atoms with Gasteiger partial charge in [0.15, 0.2) is 53.7 Å². The molecule has 0 amide bonds. The van der Waals surface area contributed by atoms with Crippen molar-refractivity contribution < 1.29 is 51.0 Å². The molecule has 13 heterocycles. The fraction of sp³-hybridized carbons (Fsp3) is 0.390. The van der Waals surface area contributed by atoms with Gasteiger partial charge in [0, 0.05) is 133 Å². The molecule has 0 saturated carbocycles. The minimum atomic E-state index is -2.45. The molecule has 0 bridgehead atoms. The van der Waals surface area contributed by atoms with Crippen LogP contribution < -0.4 is 18.3 Å². The topological polar surface area (TPSA) is 120 Å². The van der Waals surface area contributed by atoms with E-state index in [1.165, 1.54) is 34.1 Å². The quantitative estimate of drug-likeness (QED) is 0.117. The van der Waals surface area contributed by atoms with Crippen molar-refractivity contribution in [2.75, 3.05) is 0 Å². The standard InChI is InChI=1S/C27H33N2O.C26H29N2O.2C26H31N2O/c1-16(2)22-12-11-21-20-10-9-17(3)24(25(20)30-26(21)28-22)23-13-19(14-27(5,6)7)18(4)15-29(23)8;1-15(2)21-10-9-20-19-8-7-17-14-28-13-16(3)18(12-26(4,5)6)11-22(28)23(17)24(19)29-25(20)27-21;2*1-8-19-10-12-21-20-11-9-16(2)23(24(20)29-25(21)27-19)22-13-18(14-26(4,5)6)17(3)15-28(22)7/h9-13,15-16H,14H2,1-8H3;7-11,13,15H,12,14H2,1-6H3;2*9-13,15H,8,14H2,1-7H3/q4*+1/i4D3;;3D3,14D2;3D3. The number of hydrogen-bond donors (Lipinski definition) is 0. The molecule has 0 unspecified atom stereocenters. The molecule has 117 heavy (non-hydrogen) atoms. The zero-order valence-electron chi connectivity index (χ0n) is 84.5.